The second kappa shape index (κ2) is 8.53. The van der Waals surface area contributed by atoms with Gasteiger partial charge in [-0.3, -0.25) is 9.59 Å². The maximum atomic E-state index is 11.9. The number of rotatable bonds is 7. The molecule has 2 rings (SSSR count). The first-order valence-corrected chi connectivity index (χ1v) is 8.58. The van der Waals surface area contributed by atoms with Crippen molar-refractivity contribution < 1.29 is 4.79 Å². The quantitative estimate of drug-likeness (QED) is 0.603. The van der Waals surface area contributed by atoms with Gasteiger partial charge in [0.25, 0.3) is 5.56 Å². The number of thioether (sulfide) groups is 1. The first-order valence-electron chi connectivity index (χ1n) is 7.59. The monoisotopic (exact) mass is 331 g/mol. The lowest BCUT2D eigenvalue weighted by atomic mass is 10.1. The Labute approximate surface area is 139 Å². The number of carbonyl (C=O) groups excluding carboxylic acids is 1. The van der Waals surface area contributed by atoms with Crippen LogP contribution in [-0.4, -0.2) is 28.2 Å². The molecule has 0 aliphatic carbocycles. The van der Waals surface area contributed by atoms with Crippen LogP contribution in [0.25, 0.3) is 0 Å². The van der Waals surface area contributed by atoms with Gasteiger partial charge in [-0.25, -0.2) is 4.98 Å². The molecule has 0 aliphatic heterocycles. The van der Waals surface area contributed by atoms with Gasteiger partial charge in [-0.2, -0.15) is 0 Å². The van der Waals surface area contributed by atoms with Crippen LogP contribution in [-0.2, 0) is 11.2 Å². The molecule has 23 heavy (non-hydrogen) atoms. The molecule has 0 atom stereocenters. The van der Waals surface area contributed by atoms with Gasteiger partial charge in [-0.05, 0) is 17.9 Å². The summed E-state index contributed by atoms with van der Waals surface area (Å²) in [4.78, 5) is 30.5. The van der Waals surface area contributed by atoms with E-state index in [0.717, 1.165) is 12.1 Å². The standard InChI is InChI=1S/C17H21N3O2S/c1-12(2)14-10-15(21)20-17(19-14)23-11-16(22)18-9-8-13-6-4-3-5-7-13/h3-7,10,12H,8-9,11H2,1-2H3,(H,18,22)(H,19,20,21). The molecule has 0 saturated carbocycles. The average Bonchev–Trinajstić information content (AvgIpc) is 2.53. The van der Waals surface area contributed by atoms with Crippen molar-refractivity contribution in [2.24, 2.45) is 0 Å². The van der Waals surface area contributed by atoms with Crippen molar-refractivity contribution in [2.75, 3.05) is 12.3 Å². The van der Waals surface area contributed by atoms with Crippen LogP contribution < -0.4 is 10.9 Å². The summed E-state index contributed by atoms with van der Waals surface area (Å²) in [6.45, 7) is 4.55. The van der Waals surface area contributed by atoms with Gasteiger partial charge in [0, 0.05) is 12.6 Å². The predicted molar refractivity (Wildman–Crippen MR) is 92.8 cm³/mol. The molecular formula is C17H21N3O2S. The molecule has 2 N–H and O–H groups in total. The molecule has 0 spiro atoms. The van der Waals surface area contributed by atoms with E-state index < -0.39 is 0 Å². The van der Waals surface area contributed by atoms with Gasteiger partial charge in [0.1, 0.15) is 0 Å². The Morgan fingerprint density at radius 3 is 2.74 bits per heavy atom. The van der Waals surface area contributed by atoms with Crippen molar-refractivity contribution in [1.82, 2.24) is 15.3 Å². The van der Waals surface area contributed by atoms with Crippen LogP contribution >= 0.6 is 11.8 Å². The number of hydrogen-bond acceptors (Lipinski definition) is 4. The van der Waals surface area contributed by atoms with Crippen molar-refractivity contribution in [1.29, 1.82) is 0 Å². The van der Waals surface area contributed by atoms with Crippen LogP contribution in [0.1, 0.15) is 31.0 Å². The normalized spacial score (nSPS) is 10.7. The SMILES string of the molecule is CC(C)c1cc(=O)[nH]c(SCC(=O)NCCc2ccccc2)n1. The molecule has 0 unspecified atom stereocenters. The van der Waals surface area contributed by atoms with Gasteiger partial charge in [0.2, 0.25) is 5.91 Å². The molecule has 0 saturated heterocycles. The number of benzene rings is 1. The number of hydrogen-bond donors (Lipinski definition) is 2. The van der Waals surface area contributed by atoms with Crippen LogP contribution in [0.4, 0.5) is 0 Å². The lowest BCUT2D eigenvalue weighted by Gasteiger charge is -2.07. The van der Waals surface area contributed by atoms with Gasteiger partial charge in [-0.1, -0.05) is 55.9 Å². The first kappa shape index (κ1) is 17.3. The largest absolute Gasteiger partial charge is 0.355 e. The summed E-state index contributed by atoms with van der Waals surface area (Å²) in [5.74, 6) is 0.346. The van der Waals surface area contributed by atoms with Crippen LogP contribution in [0.15, 0.2) is 46.3 Å². The minimum absolute atomic E-state index is 0.0662. The molecule has 1 heterocycles. The summed E-state index contributed by atoms with van der Waals surface area (Å²) >= 11 is 1.24. The van der Waals surface area contributed by atoms with E-state index in [1.807, 2.05) is 44.2 Å². The number of aromatic nitrogens is 2. The lowest BCUT2D eigenvalue weighted by molar-refractivity contribution is -0.118. The van der Waals surface area contributed by atoms with Crippen molar-refractivity contribution in [3.05, 3.63) is 58.0 Å². The Morgan fingerprint density at radius 2 is 2.04 bits per heavy atom. The number of aromatic amines is 1. The van der Waals surface area contributed by atoms with Gasteiger partial charge >= 0.3 is 0 Å². The molecule has 1 amide bonds. The number of H-pyrrole nitrogens is 1. The molecule has 0 bridgehead atoms. The number of amides is 1. The Kier molecular flexibility index (Phi) is 6.40. The van der Waals surface area contributed by atoms with Gasteiger partial charge in [-0.15, -0.1) is 0 Å². The smallest absolute Gasteiger partial charge is 0.251 e. The third kappa shape index (κ3) is 5.90. The summed E-state index contributed by atoms with van der Waals surface area (Å²) in [7, 11) is 0. The molecule has 6 heteroatoms. The van der Waals surface area contributed by atoms with Gasteiger partial charge < -0.3 is 10.3 Å². The van der Waals surface area contributed by atoms with Crippen molar-refractivity contribution >= 4 is 17.7 Å². The molecule has 5 nitrogen and oxygen atoms in total. The van der Waals surface area contributed by atoms with E-state index in [1.165, 1.54) is 23.4 Å². The molecule has 0 aliphatic rings. The van der Waals surface area contributed by atoms with E-state index >= 15 is 0 Å². The van der Waals surface area contributed by atoms with Gasteiger partial charge in [0.05, 0.1) is 11.4 Å². The Balaban J connectivity index is 1.79. The van der Waals surface area contributed by atoms with E-state index in [0.29, 0.717) is 11.7 Å². The molecule has 1 aromatic heterocycles. The minimum atomic E-state index is -0.185. The van der Waals surface area contributed by atoms with E-state index in [1.54, 1.807) is 0 Å². The first-order chi connectivity index (χ1) is 11.0. The molecule has 2 aromatic rings. The summed E-state index contributed by atoms with van der Waals surface area (Å²) < 4.78 is 0. The average molecular weight is 331 g/mol. The molecule has 0 fully saturated rings. The fourth-order valence-corrected chi connectivity index (χ4v) is 2.71. The van der Waals surface area contributed by atoms with E-state index in [4.69, 9.17) is 0 Å². The fourth-order valence-electron chi connectivity index (χ4n) is 1.99. The second-order valence-electron chi connectivity index (χ2n) is 5.50. The highest BCUT2D eigenvalue weighted by atomic mass is 32.2. The zero-order chi connectivity index (χ0) is 16.7. The number of nitrogens with one attached hydrogen (secondary N) is 2. The molecule has 1 aromatic carbocycles. The number of nitrogens with zero attached hydrogens (tertiary/aromatic N) is 1. The van der Waals surface area contributed by atoms with Crippen LogP contribution in [0.2, 0.25) is 0 Å². The zero-order valence-electron chi connectivity index (χ0n) is 13.3. The Bertz CT molecular complexity index is 698. The highest BCUT2D eigenvalue weighted by Crippen LogP contribution is 2.15. The third-order valence-electron chi connectivity index (χ3n) is 3.25. The molecular weight excluding hydrogens is 310 g/mol. The maximum absolute atomic E-state index is 11.9. The van der Waals surface area contributed by atoms with E-state index in [2.05, 4.69) is 15.3 Å². The van der Waals surface area contributed by atoms with Crippen LogP contribution in [0.3, 0.4) is 0 Å². The summed E-state index contributed by atoms with van der Waals surface area (Å²) in [5, 5.41) is 3.36. The Hall–Kier alpha value is -2.08. The van der Waals surface area contributed by atoms with E-state index in [9.17, 15) is 9.59 Å². The Morgan fingerprint density at radius 1 is 1.30 bits per heavy atom. The van der Waals surface area contributed by atoms with Crippen molar-refractivity contribution in [3.8, 4) is 0 Å². The fraction of sp³-hybridized carbons (Fsp3) is 0.353. The number of carbonyl (C=O) groups is 1. The predicted octanol–water partition coefficient (Wildman–Crippen LogP) is 2.34. The van der Waals surface area contributed by atoms with Gasteiger partial charge in [0.15, 0.2) is 5.16 Å². The van der Waals surface area contributed by atoms with Crippen LogP contribution in [0.5, 0.6) is 0 Å². The summed E-state index contributed by atoms with van der Waals surface area (Å²) in [6, 6.07) is 11.5. The minimum Gasteiger partial charge on any atom is -0.355 e. The summed E-state index contributed by atoms with van der Waals surface area (Å²) in [5.41, 5.74) is 1.74. The third-order valence-corrected chi connectivity index (χ3v) is 4.12. The lowest BCUT2D eigenvalue weighted by Crippen LogP contribution is -2.27. The highest BCUT2D eigenvalue weighted by molar-refractivity contribution is 7.99. The zero-order valence-corrected chi connectivity index (χ0v) is 14.2. The molecule has 0 radical (unpaired) electrons. The second-order valence-corrected chi connectivity index (χ2v) is 6.47. The highest BCUT2D eigenvalue weighted by Gasteiger charge is 2.08. The van der Waals surface area contributed by atoms with Crippen LogP contribution in [0, 0.1) is 0 Å². The van der Waals surface area contributed by atoms with E-state index in [-0.39, 0.29) is 23.1 Å². The summed E-state index contributed by atoms with van der Waals surface area (Å²) in [6.07, 6.45) is 0.801. The molecule has 122 valence electrons. The maximum Gasteiger partial charge on any atom is 0.251 e. The van der Waals surface area contributed by atoms with Crippen molar-refractivity contribution in [2.45, 2.75) is 31.3 Å². The topological polar surface area (TPSA) is 74.8 Å². The van der Waals surface area contributed by atoms with Crippen molar-refractivity contribution in [3.63, 3.8) is 0 Å².